The SMILES string of the molecule is Cn1nc(OC(F)F)cc1Nc1nncn1[C@H]1CCc2sc(CC(=O)OC(C)(C)C)c(C(=O)NCC3CC3)c2C1. The first-order chi connectivity index (χ1) is 19.0. The maximum atomic E-state index is 13.4. The summed E-state index contributed by atoms with van der Waals surface area (Å²) in [6.45, 7) is 3.10. The third-order valence-electron chi connectivity index (χ3n) is 6.78. The highest BCUT2D eigenvalue weighted by Gasteiger charge is 2.33. The molecule has 40 heavy (non-hydrogen) atoms. The van der Waals surface area contributed by atoms with E-state index >= 15 is 0 Å². The highest BCUT2D eigenvalue weighted by Crippen LogP contribution is 2.40. The van der Waals surface area contributed by atoms with Crippen LogP contribution in [0.3, 0.4) is 0 Å². The van der Waals surface area contributed by atoms with Gasteiger partial charge in [-0.2, -0.15) is 8.78 Å². The Morgan fingerprint density at radius 3 is 2.73 bits per heavy atom. The van der Waals surface area contributed by atoms with Crippen LogP contribution in [-0.4, -0.2) is 55.2 Å². The number of esters is 1. The van der Waals surface area contributed by atoms with Crippen LogP contribution in [0.5, 0.6) is 5.88 Å². The van der Waals surface area contributed by atoms with Gasteiger partial charge < -0.3 is 20.1 Å². The molecule has 1 fully saturated rings. The van der Waals surface area contributed by atoms with Crippen LogP contribution < -0.4 is 15.4 Å². The van der Waals surface area contributed by atoms with Crippen molar-refractivity contribution >= 4 is 35.0 Å². The van der Waals surface area contributed by atoms with Crippen molar-refractivity contribution in [1.82, 2.24) is 29.9 Å². The minimum absolute atomic E-state index is 0.0364. The predicted molar refractivity (Wildman–Crippen MR) is 143 cm³/mol. The van der Waals surface area contributed by atoms with Crippen molar-refractivity contribution in [2.75, 3.05) is 11.9 Å². The summed E-state index contributed by atoms with van der Waals surface area (Å²) in [5.41, 5.74) is 0.881. The van der Waals surface area contributed by atoms with E-state index in [4.69, 9.17) is 4.74 Å². The molecule has 0 aliphatic heterocycles. The normalized spacial score (nSPS) is 17.0. The second-order valence-electron chi connectivity index (χ2n) is 11.2. The molecule has 3 aromatic heterocycles. The summed E-state index contributed by atoms with van der Waals surface area (Å²) in [6.07, 6.45) is 5.90. The molecule has 0 saturated heterocycles. The maximum Gasteiger partial charge on any atom is 0.388 e. The van der Waals surface area contributed by atoms with Crippen LogP contribution in [0.2, 0.25) is 0 Å². The number of ether oxygens (including phenoxy) is 2. The molecule has 5 rings (SSSR count). The number of nitrogens with one attached hydrogen (secondary N) is 2. The smallest absolute Gasteiger partial charge is 0.388 e. The molecule has 2 aliphatic carbocycles. The van der Waals surface area contributed by atoms with Gasteiger partial charge in [0.25, 0.3) is 5.91 Å². The summed E-state index contributed by atoms with van der Waals surface area (Å²) in [7, 11) is 1.60. The third kappa shape index (κ3) is 6.60. The highest BCUT2D eigenvalue weighted by molar-refractivity contribution is 7.12. The fourth-order valence-corrected chi connectivity index (χ4v) is 6.16. The van der Waals surface area contributed by atoms with Crippen molar-refractivity contribution in [3.8, 4) is 5.88 Å². The van der Waals surface area contributed by atoms with Crippen LogP contribution in [0.4, 0.5) is 20.5 Å². The summed E-state index contributed by atoms with van der Waals surface area (Å²) >= 11 is 1.51. The number of aryl methyl sites for hydroxylation is 2. The van der Waals surface area contributed by atoms with E-state index in [1.165, 1.54) is 22.1 Å². The molecule has 0 unspecified atom stereocenters. The minimum atomic E-state index is -2.98. The molecule has 2 aliphatic rings. The Kier molecular flexibility index (Phi) is 7.80. The van der Waals surface area contributed by atoms with E-state index in [0.717, 1.165) is 41.0 Å². The number of carbonyl (C=O) groups excluding carboxylic acids is 2. The van der Waals surface area contributed by atoms with Crippen LogP contribution in [0.15, 0.2) is 12.4 Å². The fraction of sp³-hybridized carbons (Fsp3) is 0.577. The van der Waals surface area contributed by atoms with Crippen LogP contribution in [0, 0.1) is 5.92 Å². The van der Waals surface area contributed by atoms with Crippen molar-refractivity contribution in [3.63, 3.8) is 0 Å². The lowest BCUT2D eigenvalue weighted by molar-refractivity contribution is -0.153. The van der Waals surface area contributed by atoms with Gasteiger partial charge in [-0.05, 0) is 64.4 Å². The number of alkyl halides is 2. The lowest BCUT2D eigenvalue weighted by Crippen LogP contribution is -2.29. The van der Waals surface area contributed by atoms with Gasteiger partial charge in [-0.1, -0.05) is 0 Å². The number of aromatic nitrogens is 5. The van der Waals surface area contributed by atoms with Gasteiger partial charge in [0.2, 0.25) is 11.8 Å². The van der Waals surface area contributed by atoms with Gasteiger partial charge in [-0.25, -0.2) is 4.68 Å². The van der Waals surface area contributed by atoms with E-state index in [1.807, 2.05) is 25.3 Å². The Bertz CT molecular complexity index is 1390. The first-order valence-electron chi connectivity index (χ1n) is 13.3. The number of hydrogen-bond acceptors (Lipinski definition) is 9. The lowest BCUT2D eigenvalue weighted by atomic mass is 9.90. The number of rotatable bonds is 10. The average Bonchev–Trinajstić information content (AvgIpc) is 3.30. The largest absolute Gasteiger partial charge is 0.460 e. The monoisotopic (exact) mass is 577 g/mol. The molecule has 3 heterocycles. The van der Waals surface area contributed by atoms with E-state index in [2.05, 4.69) is 30.7 Å². The Labute approximate surface area is 234 Å². The predicted octanol–water partition coefficient (Wildman–Crippen LogP) is 4.17. The zero-order valence-electron chi connectivity index (χ0n) is 22.9. The number of halogens is 2. The minimum Gasteiger partial charge on any atom is -0.460 e. The van der Waals surface area contributed by atoms with Crippen LogP contribution in [0.1, 0.15) is 71.8 Å². The van der Waals surface area contributed by atoms with Crippen LogP contribution in [-0.2, 0) is 35.8 Å². The quantitative estimate of drug-likeness (QED) is 0.344. The fourth-order valence-electron chi connectivity index (χ4n) is 4.82. The summed E-state index contributed by atoms with van der Waals surface area (Å²) in [5, 5.41) is 18.3. The summed E-state index contributed by atoms with van der Waals surface area (Å²) in [6, 6.07) is 1.28. The van der Waals surface area contributed by atoms with Crippen molar-refractivity contribution in [2.45, 2.75) is 77.6 Å². The van der Waals surface area contributed by atoms with Gasteiger partial charge in [0.1, 0.15) is 17.7 Å². The number of anilines is 2. The second kappa shape index (κ2) is 11.1. The average molecular weight is 578 g/mol. The Balaban J connectivity index is 1.38. The first kappa shape index (κ1) is 28.0. The molecule has 0 spiro atoms. The molecule has 1 atom stereocenters. The lowest BCUT2D eigenvalue weighted by Gasteiger charge is -2.25. The highest BCUT2D eigenvalue weighted by atomic mass is 32.1. The summed E-state index contributed by atoms with van der Waals surface area (Å²) in [5.74, 6) is 0.583. The molecular formula is C26H33F2N7O4S. The second-order valence-corrected chi connectivity index (χ2v) is 12.4. The van der Waals surface area contributed by atoms with E-state index < -0.39 is 12.2 Å². The molecule has 0 bridgehead atoms. The van der Waals surface area contributed by atoms with E-state index in [0.29, 0.717) is 36.2 Å². The number of thiophene rings is 1. The van der Waals surface area contributed by atoms with Gasteiger partial charge in [0.05, 0.1) is 12.0 Å². The molecule has 1 amide bonds. The topological polar surface area (TPSA) is 125 Å². The van der Waals surface area contributed by atoms with Gasteiger partial charge in [0.15, 0.2) is 0 Å². The van der Waals surface area contributed by atoms with Gasteiger partial charge in [0, 0.05) is 35.5 Å². The van der Waals surface area contributed by atoms with Crippen molar-refractivity contribution < 1.29 is 27.8 Å². The molecule has 0 radical (unpaired) electrons. The van der Waals surface area contributed by atoms with E-state index in [-0.39, 0.29) is 30.2 Å². The number of nitrogens with zero attached hydrogens (tertiary/aromatic N) is 5. The van der Waals surface area contributed by atoms with Crippen LogP contribution >= 0.6 is 11.3 Å². The zero-order chi connectivity index (χ0) is 28.6. The summed E-state index contributed by atoms with van der Waals surface area (Å²) in [4.78, 5) is 28.0. The van der Waals surface area contributed by atoms with Crippen LogP contribution in [0.25, 0.3) is 0 Å². The number of amides is 1. The summed E-state index contributed by atoms with van der Waals surface area (Å²) < 4.78 is 38.4. The van der Waals surface area contributed by atoms with Gasteiger partial charge >= 0.3 is 12.6 Å². The molecule has 2 N–H and O–H groups in total. The third-order valence-corrected chi connectivity index (χ3v) is 8.07. The Morgan fingerprint density at radius 1 is 1.25 bits per heavy atom. The molecular weight excluding hydrogens is 544 g/mol. The molecule has 0 aromatic carbocycles. The molecule has 1 saturated carbocycles. The number of fused-ring (bicyclic) bond motifs is 1. The van der Waals surface area contributed by atoms with E-state index in [1.54, 1.807) is 13.4 Å². The molecule has 216 valence electrons. The Morgan fingerprint density at radius 2 is 2.02 bits per heavy atom. The van der Waals surface area contributed by atoms with Crippen molar-refractivity contribution in [3.05, 3.63) is 33.3 Å². The molecule has 11 nitrogen and oxygen atoms in total. The Hall–Kier alpha value is -3.55. The first-order valence-corrected chi connectivity index (χ1v) is 14.1. The maximum absolute atomic E-state index is 13.4. The molecule has 3 aromatic rings. The number of carbonyl (C=O) groups is 2. The zero-order valence-corrected chi connectivity index (χ0v) is 23.7. The molecule has 14 heteroatoms. The number of hydrogen-bond donors (Lipinski definition) is 2. The van der Waals surface area contributed by atoms with Gasteiger partial charge in [-0.15, -0.1) is 26.6 Å². The van der Waals surface area contributed by atoms with Crippen molar-refractivity contribution in [2.24, 2.45) is 13.0 Å². The van der Waals surface area contributed by atoms with Crippen molar-refractivity contribution in [1.29, 1.82) is 0 Å². The van der Waals surface area contributed by atoms with Gasteiger partial charge in [-0.3, -0.25) is 14.2 Å². The van der Waals surface area contributed by atoms with E-state index in [9.17, 15) is 18.4 Å². The standard InChI is InChI=1S/C26H33F2N7O4S/c1-26(2,3)39-21(36)10-18-22(23(37)29-12-14-5-6-14)16-9-15(7-8-17(16)40-18)35-13-30-32-25(35)31-19-11-20(33-34(19)4)38-24(27)28/h11,13-15,24H,5-10,12H2,1-4H3,(H,29,37)(H,31,32)/t15-/m0/s1.